The van der Waals surface area contributed by atoms with Crippen molar-refractivity contribution in [2.24, 2.45) is 11.8 Å². The molecule has 4 aliphatic heterocycles. The summed E-state index contributed by atoms with van der Waals surface area (Å²) in [6.07, 6.45) is 1.48. The Morgan fingerprint density at radius 2 is 2.10 bits per heavy atom. The molecule has 0 saturated carbocycles. The molecule has 4 heterocycles. The van der Waals surface area contributed by atoms with Crippen LogP contribution in [-0.2, 0) is 28.5 Å². The van der Waals surface area contributed by atoms with E-state index in [2.05, 4.69) is 0 Å². The highest BCUT2D eigenvalue weighted by Gasteiger charge is 2.69. The van der Waals surface area contributed by atoms with Crippen molar-refractivity contribution < 1.29 is 28.5 Å². The first kappa shape index (κ1) is 12.2. The van der Waals surface area contributed by atoms with Gasteiger partial charge in [0.15, 0.2) is 0 Å². The Morgan fingerprint density at radius 3 is 2.90 bits per heavy atom. The van der Waals surface area contributed by atoms with Crippen LogP contribution in [0.3, 0.4) is 0 Å². The van der Waals surface area contributed by atoms with E-state index in [-0.39, 0.29) is 53.8 Å². The minimum atomic E-state index is -0.400. The summed E-state index contributed by atoms with van der Waals surface area (Å²) in [4.78, 5) is 24.0. The summed E-state index contributed by atoms with van der Waals surface area (Å²) in [6.45, 7) is 3.85. The van der Waals surface area contributed by atoms with E-state index in [1.54, 1.807) is 0 Å². The highest BCUT2D eigenvalue weighted by Crippen LogP contribution is 2.54. The second-order valence-corrected chi connectivity index (χ2v) is 6.91. The van der Waals surface area contributed by atoms with Gasteiger partial charge in [-0.25, -0.2) is 4.79 Å². The summed E-state index contributed by atoms with van der Waals surface area (Å²) in [5, 5.41) is 0. The molecule has 6 nitrogen and oxygen atoms in total. The van der Waals surface area contributed by atoms with Crippen LogP contribution in [0.15, 0.2) is 11.6 Å². The third-order valence-corrected chi connectivity index (χ3v) is 5.53. The minimum absolute atomic E-state index is 0.0244. The Morgan fingerprint density at radius 1 is 1.29 bits per heavy atom. The highest BCUT2D eigenvalue weighted by atomic mass is 16.7. The number of rotatable bonds is 0. The average Bonchev–Trinajstić information content (AvgIpc) is 3.25. The third-order valence-electron chi connectivity index (χ3n) is 5.53. The normalized spacial score (nSPS) is 56.5. The molecule has 0 spiro atoms. The molecule has 0 aromatic rings. The molecule has 0 radical (unpaired) electrons. The van der Waals surface area contributed by atoms with E-state index in [4.69, 9.17) is 18.9 Å². The number of hydrogen-bond donors (Lipinski definition) is 0. The topological polar surface area (TPSA) is 77.7 Å². The van der Waals surface area contributed by atoms with Gasteiger partial charge in [0.25, 0.3) is 0 Å². The quantitative estimate of drug-likeness (QED) is 0.473. The number of carbonyl (C=O) groups is 2. The van der Waals surface area contributed by atoms with Gasteiger partial charge >= 0.3 is 11.9 Å². The molecule has 1 aliphatic carbocycles. The van der Waals surface area contributed by atoms with Gasteiger partial charge in [0.1, 0.15) is 30.5 Å². The maximum Gasteiger partial charge on any atom is 0.337 e. The lowest BCUT2D eigenvalue weighted by Gasteiger charge is -2.24. The van der Waals surface area contributed by atoms with Crippen LogP contribution in [-0.4, -0.2) is 48.1 Å². The van der Waals surface area contributed by atoms with Gasteiger partial charge in [-0.2, -0.15) is 0 Å². The van der Waals surface area contributed by atoms with Crippen LogP contribution < -0.4 is 0 Å². The Balaban J connectivity index is 1.57. The third kappa shape index (κ3) is 1.49. The summed E-state index contributed by atoms with van der Waals surface area (Å²) in [5.74, 6) is -0.970. The minimum Gasteiger partial charge on any atom is -0.462 e. The fourth-order valence-electron chi connectivity index (χ4n) is 4.20. The van der Waals surface area contributed by atoms with Gasteiger partial charge in [-0.15, -0.1) is 0 Å². The van der Waals surface area contributed by atoms with Crippen LogP contribution in [0.4, 0.5) is 0 Å². The second-order valence-electron chi connectivity index (χ2n) is 6.91. The molecular formula is C15H16O6. The van der Waals surface area contributed by atoms with Crippen molar-refractivity contribution in [2.75, 3.05) is 0 Å². The molecule has 3 unspecified atom stereocenters. The van der Waals surface area contributed by atoms with Crippen molar-refractivity contribution in [1.29, 1.82) is 0 Å². The summed E-state index contributed by atoms with van der Waals surface area (Å²) >= 11 is 0. The largest absolute Gasteiger partial charge is 0.462 e. The lowest BCUT2D eigenvalue weighted by molar-refractivity contribution is -0.144. The number of fused-ring (bicyclic) bond motifs is 7. The maximum absolute atomic E-state index is 12.1. The van der Waals surface area contributed by atoms with E-state index < -0.39 is 6.10 Å². The Kier molecular flexibility index (Phi) is 2.03. The predicted octanol–water partition coefficient (Wildman–Crippen LogP) is 0.344. The zero-order valence-electron chi connectivity index (χ0n) is 11.8. The molecule has 112 valence electrons. The molecule has 5 aliphatic rings. The van der Waals surface area contributed by atoms with Crippen molar-refractivity contribution in [1.82, 2.24) is 0 Å². The van der Waals surface area contributed by atoms with E-state index in [0.717, 1.165) is 0 Å². The zero-order valence-corrected chi connectivity index (χ0v) is 11.8. The molecule has 3 saturated heterocycles. The van der Waals surface area contributed by atoms with Crippen LogP contribution in [0, 0.1) is 11.8 Å². The molecule has 0 N–H and O–H groups in total. The lowest BCUT2D eigenvalue weighted by Crippen LogP contribution is -2.35. The van der Waals surface area contributed by atoms with Crippen molar-refractivity contribution in [2.45, 2.75) is 56.4 Å². The molecule has 5 rings (SSSR count). The van der Waals surface area contributed by atoms with E-state index in [0.29, 0.717) is 12.0 Å². The van der Waals surface area contributed by atoms with Gasteiger partial charge in [0, 0.05) is 12.3 Å². The van der Waals surface area contributed by atoms with Crippen LogP contribution in [0.1, 0.15) is 20.3 Å². The first-order chi connectivity index (χ1) is 9.98. The van der Waals surface area contributed by atoms with Gasteiger partial charge < -0.3 is 18.9 Å². The number of esters is 2. The second kappa shape index (κ2) is 3.50. The van der Waals surface area contributed by atoms with Crippen LogP contribution >= 0.6 is 0 Å². The van der Waals surface area contributed by atoms with Gasteiger partial charge in [0.05, 0.1) is 17.1 Å². The Bertz CT molecular complexity index is 597. The first-order valence-electron chi connectivity index (χ1n) is 7.44. The van der Waals surface area contributed by atoms with Gasteiger partial charge in [-0.05, 0) is 13.0 Å². The molecule has 6 heteroatoms. The van der Waals surface area contributed by atoms with Crippen LogP contribution in [0.5, 0.6) is 0 Å². The van der Waals surface area contributed by atoms with Crippen molar-refractivity contribution in [3.63, 3.8) is 0 Å². The van der Waals surface area contributed by atoms with Crippen LogP contribution in [0.2, 0.25) is 0 Å². The molecule has 0 aromatic carbocycles. The summed E-state index contributed by atoms with van der Waals surface area (Å²) in [6, 6.07) is 0. The average molecular weight is 292 g/mol. The SMILES string of the molecule is C[C@H]1C(=O)OC2C[C@]3(C)OC3[C@@H]3O[C@@H]3C3=CC(OC3=O)[C@@H]21. The molecule has 21 heavy (non-hydrogen) atoms. The molecule has 3 fully saturated rings. The summed E-state index contributed by atoms with van der Waals surface area (Å²) < 4.78 is 22.5. The Labute approximate surface area is 121 Å². The van der Waals surface area contributed by atoms with Crippen molar-refractivity contribution in [3.8, 4) is 0 Å². The standard InChI is InChI=1S/C15H16O6/c1-5-9-7-3-6(14(17)18-7)10-11(20-10)12-15(2,21-12)4-8(9)19-13(5)16/h3,5,7-12H,4H2,1-2H3/t5-,7?,8?,9+,10-,11-,12?,15+/m1/s1. The van der Waals surface area contributed by atoms with Crippen molar-refractivity contribution in [3.05, 3.63) is 11.6 Å². The summed E-state index contributed by atoms with van der Waals surface area (Å²) in [7, 11) is 0. The van der Waals surface area contributed by atoms with E-state index in [9.17, 15) is 9.59 Å². The van der Waals surface area contributed by atoms with Crippen LogP contribution in [0.25, 0.3) is 0 Å². The lowest BCUT2D eigenvalue weighted by atomic mass is 9.81. The van der Waals surface area contributed by atoms with Gasteiger partial charge in [-0.1, -0.05) is 6.92 Å². The number of ether oxygens (including phenoxy) is 4. The van der Waals surface area contributed by atoms with E-state index in [1.807, 2.05) is 19.9 Å². The monoisotopic (exact) mass is 292 g/mol. The first-order valence-corrected chi connectivity index (χ1v) is 7.44. The van der Waals surface area contributed by atoms with Gasteiger partial charge in [0.2, 0.25) is 0 Å². The Hall–Kier alpha value is -1.40. The van der Waals surface area contributed by atoms with E-state index >= 15 is 0 Å². The molecule has 8 atom stereocenters. The van der Waals surface area contributed by atoms with E-state index in [1.165, 1.54) is 0 Å². The molecule has 2 bridgehead atoms. The maximum atomic E-state index is 12.1. The molecular weight excluding hydrogens is 276 g/mol. The predicted molar refractivity (Wildman–Crippen MR) is 67.1 cm³/mol. The van der Waals surface area contributed by atoms with Gasteiger partial charge in [-0.3, -0.25) is 4.79 Å². The number of epoxide rings is 2. The summed E-state index contributed by atoms with van der Waals surface area (Å²) in [5.41, 5.74) is 0.252. The highest BCUT2D eigenvalue weighted by molar-refractivity contribution is 5.93. The smallest absolute Gasteiger partial charge is 0.337 e. The molecule has 0 aromatic heterocycles. The number of carbonyl (C=O) groups excluding carboxylic acids is 2. The van der Waals surface area contributed by atoms with Crippen molar-refractivity contribution >= 4 is 11.9 Å². The zero-order chi connectivity index (χ0) is 14.5. The fourth-order valence-corrected chi connectivity index (χ4v) is 4.20. The molecule has 0 amide bonds. The fraction of sp³-hybridized carbons (Fsp3) is 0.733. The number of hydrogen-bond acceptors (Lipinski definition) is 6.